The van der Waals surface area contributed by atoms with E-state index in [1.807, 2.05) is 30.5 Å². The number of anilines is 2. The lowest BCUT2D eigenvalue weighted by molar-refractivity contribution is -0.114. The number of rotatable bonds is 5. The van der Waals surface area contributed by atoms with Crippen LogP contribution in [-0.4, -0.2) is 10.9 Å². The van der Waals surface area contributed by atoms with Crippen LogP contribution in [0.5, 0.6) is 0 Å². The number of amides is 1. The summed E-state index contributed by atoms with van der Waals surface area (Å²) in [7, 11) is 0. The molecule has 0 atom stereocenters. The van der Waals surface area contributed by atoms with E-state index in [1.54, 1.807) is 11.3 Å². The molecule has 0 aliphatic carbocycles. The van der Waals surface area contributed by atoms with Crippen molar-refractivity contribution in [2.45, 2.75) is 26.8 Å². The van der Waals surface area contributed by atoms with Crippen molar-refractivity contribution >= 4 is 28.1 Å². The maximum Gasteiger partial charge on any atom is 0.221 e. The van der Waals surface area contributed by atoms with Crippen LogP contribution in [0.1, 0.15) is 24.3 Å². The zero-order chi connectivity index (χ0) is 13.7. The lowest BCUT2D eigenvalue weighted by atomic mass is 10.2. The molecule has 1 heterocycles. The summed E-state index contributed by atoms with van der Waals surface area (Å²) in [5.41, 5.74) is 1.97. The van der Waals surface area contributed by atoms with Crippen molar-refractivity contribution in [3.8, 4) is 0 Å². The average Bonchev–Trinajstić information content (AvgIpc) is 2.85. The molecule has 0 saturated carbocycles. The third-order valence-electron chi connectivity index (χ3n) is 2.62. The number of nitrogens with zero attached hydrogens (tertiary/aromatic N) is 1. The van der Waals surface area contributed by atoms with Crippen LogP contribution < -0.4 is 10.6 Å². The summed E-state index contributed by atoms with van der Waals surface area (Å²) in [6.45, 7) is 4.36. The fourth-order valence-corrected chi connectivity index (χ4v) is 2.39. The molecule has 0 spiro atoms. The normalized spacial score (nSPS) is 10.2. The first-order chi connectivity index (χ1) is 9.17. The third-order valence-corrected chi connectivity index (χ3v) is 3.72. The van der Waals surface area contributed by atoms with Gasteiger partial charge < -0.3 is 10.6 Å². The van der Waals surface area contributed by atoms with E-state index in [2.05, 4.69) is 22.5 Å². The largest absolute Gasteiger partial charge is 0.357 e. The molecule has 0 bridgehead atoms. The van der Waals surface area contributed by atoms with Crippen LogP contribution in [0, 0.1) is 0 Å². The van der Waals surface area contributed by atoms with E-state index in [4.69, 9.17) is 0 Å². The number of hydrogen-bond acceptors (Lipinski definition) is 4. The lowest BCUT2D eigenvalue weighted by Crippen LogP contribution is -2.05. The molecule has 5 heteroatoms. The van der Waals surface area contributed by atoms with Gasteiger partial charge in [0.25, 0.3) is 0 Å². The average molecular weight is 275 g/mol. The predicted octanol–water partition coefficient (Wildman–Crippen LogP) is 3.28. The van der Waals surface area contributed by atoms with Gasteiger partial charge in [-0.25, -0.2) is 4.98 Å². The van der Waals surface area contributed by atoms with E-state index in [1.165, 1.54) is 11.8 Å². The monoisotopic (exact) mass is 275 g/mol. The minimum absolute atomic E-state index is 0.0549. The molecule has 0 fully saturated rings. The molecule has 1 amide bonds. The predicted molar refractivity (Wildman–Crippen MR) is 79.6 cm³/mol. The number of aromatic nitrogens is 1. The Hall–Kier alpha value is -1.88. The molecule has 2 N–H and O–H groups in total. The Labute approximate surface area is 116 Å². The fraction of sp³-hybridized carbons (Fsp3) is 0.286. The summed E-state index contributed by atoms with van der Waals surface area (Å²) in [5.74, 6) is -0.0549. The van der Waals surface area contributed by atoms with Crippen molar-refractivity contribution in [2.24, 2.45) is 0 Å². The smallest absolute Gasteiger partial charge is 0.221 e. The third kappa shape index (κ3) is 4.06. The van der Waals surface area contributed by atoms with E-state index in [0.717, 1.165) is 29.3 Å². The van der Waals surface area contributed by atoms with Crippen LogP contribution >= 0.6 is 11.3 Å². The molecule has 0 unspecified atom stereocenters. The van der Waals surface area contributed by atoms with Gasteiger partial charge in [-0.3, -0.25) is 4.79 Å². The van der Waals surface area contributed by atoms with Gasteiger partial charge >= 0.3 is 0 Å². The molecule has 19 heavy (non-hydrogen) atoms. The van der Waals surface area contributed by atoms with Crippen LogP contribution in [-0.2, 0) is 17.8 Å². The number of nitrogens with one attached hydrogen (secondary N) is 2. The minimum atomic E-state index is -0.0549. The highest BCUT2D eigenvalue weighted by Gasteiger charge is 2.00. The van der Waals surface area contributed by atoms with Gasteiger partial charge in [-0.05, 0) is 24.1 Å². The second kappa shape index (κ2) is 6.33. The Morgan fingerprint density at radius 1 is 1.32 bits per heavy atom. The standard InChI is InChI=1S/C14H17N3OS/c1-3-13-9-16-14(19-13)15-8-11-4-6-12(7-5-11)17-10(2)18/h4-7,9H,3,8H2,1-2H3,(H,15,16)(H,17,18). The molecule has 0 aliphatic rings. The molecule has 0 radical (unpaired) electrons. The SMILES string of the molecule is CCc1cnc(NCc2ccc(NC(C)=O)cc2)s1. The Morgan fingerprint density at radius 3 is 2.63 bits per heavy atom. The number of benzene rings is 1. The second-order valence-electron chi connectivity index (χ2n) is 4.22. The van der Waals surface area contributed by atoms with Gasteiger partial charge in [0, 0.05) is 30.2 Å². The van der Waals surface area contributed by atoms with Crippen molar-refractivity contribution in [3.05, 3.63) is 40.9 Å². The Kier molecular flexibility index (Phi) is 4.52. The highest BCUT2D eigenvalue weighted by atomic mass is 32.1. The topological polar surface area (TPSA) is 54.0 Å². The second-order valence-corrected chi connectivity index (χ2v) is 5.33. The van der Waals surface area contributed by atoms with Crippen LogP contribution in [0.4, 0.5) is 10.8 Å². The van der Waals surface area contributed by atoms with Gasteiger partial charge in [-0.2, -0.15) is 0 Å². The molecule has 2 aromatic rings. The van der Waals surface area contributed by atoms with Gasteiger partial charge in [0.05, 0.1) is 0 Å². The van der Waals surface area contributed by atoms with Crippen molar-refractivity contribution in [2.75, 3.05) is 10.6 Å². The van der Waals surface area contributed by atoms with Crippen LogP contribution in [0.15, 0.2) is 30.5 Å². The highest BCUT2D eigenvalue weighted by Crippen LogP contribution is 2.19. The van der Waals surface area contributed by atoms with Gasteiger partial charge in [-0.15, -0.1) is 11.3 Å². The molecule has 1 aromatic heterocycles. The van der Waals surface area contributed by atoms with Crippen LogP contribution in [0.25, 0.3) is 0 Å². The lowest BCUT2D eigenvalue weighted by Gasteiger charge is -2.05. The molecule has 100 valence electrons. The summed E-state index contributed by atoms with van der Waals surface area (Å²) < 4.78 is 0. The van der Waals surface area contributed by atoms with E-state index >= 15 is 0 Å². The first-order valence-electron chi connectivity index (χ1n) is 6.22. The number of hydrogen-bond donors (Lipinski definition) is 2. The molecular weight excluding hydrogens is 258 g/mol. The van der Waals surface area contributed by atoms with E-state index < -0.39 is 0 Å². The number of aryl methyl sites for hydroxylation is 1. The first kappa shape index (κ1) is 13.5. The van der Waals surface area contributed by atoms with Gasteiger partial charge in [-0.1, -0.05) is 19.1 Å². The Morgan fingerprint density at radius 2 is 2.05 bits per heavy atom. The van der Waals surface area contributed by atoms with Crippen molar-refractivity contribution in [1.82, 2.24) is 4.98 Å². The van der Waals surface area contributed by atoms with Gasteiger partial charge in [0.15, 0.2) is 5.13 Å². The summed E-state index contributed by atoms with van der Waals surface area (Å²) >= 11 is 1.68. The zero-order valence-electron chi connectivity index (χ0n) is 11.1. The number of carbonyl (C=O) groups is 1. The summed E-state index contributed by atoms with van der Waals surface area (Å²) in [6.07, 6.45) is 2.93. The summed E-state index contributed by atoms with van der Waals surface area (Å²) in [4.78, 5) is 16.5. The maximum atomic E-state index is 10.9. The van der Waals surface area contributed by atoms with Crippen LogP contribution in [0.2, 0.25) is 0 Å². The number of thiazole rings is 1. The van der Waals surface area contributed by atoms with E-state index in [-0.39, 0.29) is 5.91 Å². The molecular formula is C14H17N3OS. The maximum absolute atomic E-state index is 10.9. The molecule has 0 saturated heterocycles. The van der Waals surface area contributed by atoms with Crippen molar-refractivity contribution in [3.63, 3.8) is 0 Å². The molecule has 4 nitrogen and oxygen atoms in total. The fourth-order valence-electron chi connectivity index (χ4n) is 1.64. The van der Waals surface area contributed by atoms with Crippen molar-refractivity contribution < 1.29 is 4.79 Å². The quantitative estimate of drug-likeness (QED) is 0.880. The molecule has 2 rings (SSSR count). The zero-order valence-corrected chi connectivity index (χ0v) is 11.9. The Balaban J connectivity index is 1.90. The highest BCUT2D eigenvalue weighted by molar-refractivity contribution is 7.15. The van der Waals surface area contributed by atoms with Crippen LogP contribution in [0.3, 0.4) is 0 Å². The number of carbonyl (C=O) groups excluding carboxylic acids is 1. The van der Waals surface area contributed by atoms with E-state index in [0.29, 0.717) is 0 Å². The first-order valence-corrected chi connectivity index (χ1v) is 7.04. The summed E-state index contributed by atoms with van der Waals surface area (Å²) in [5, 5.41) is 6.99. The van der Waals surface area contributed by atoms with E-state index in [9.17, 15) is 4.79 Å². The summed E-state index contributed by atoms with van der Waals surface area (Å²) in [6, 6.07) is 7.79. The molecule has 0 aliphatic heterocycles. The minimum Gasteiger partial charge on any atom is -0.357 e. The van der Waals surface area contributed by atoms with Gasteiger partial charge in [0.2, 0.25) is 5.91 Å². The van der Waals surface area contributed by atoms with Gasteiger partial charge in [0.1, 0.15) is 0 Å². The Bertz CT molecular complexity index is 548. The molecule has 1 aromatic carbocycles. The van der Waals surface area contributed by atoms with Crippen molar-refractivity contribution in [1.29, 1.82) is 0 Å².